The molecule has 0 aliphatic carbocycles. The summed E-state index contributed by atoms with van der Waals surface area (Å²) in [4.78, 5) is 26.3. The summed E-state index contributed by atoms with van der Waals surface area (Å²) in [5.74, 6) is 0.365. The molecule has 3 rings (SSSR count). The molecule has 2 N–H and O–H groups in total. The van der Waals surface area contributed by atoms with Crippen LogP contribution in [0.15, 0.2) is 24.3 Å². The number of anilines is 1. The number of nitrogens with zero attached hydrogens (tertiary/aromatic N) is 1. The van der Waals surface area contributed by atoms with Crippen LogP contribution < -0.4 is 15.5 Å². The molecule has 0 bridgehead atoms. The standard InChI is InChI=1S/C18H25N3O2.ClH/c22-17(21-12-9-14-5-1-2-7-16(14)21)8-4-11-20-18(23)15-6-3-10-19-13-15;/h1-2,5,7,15,19H,3-4,6,8-13H2,(H,20,23);1H. The summed E-state index contributed by atoms with van der Waals surface area (Å²) in [6, 6.07) is 8.09. The molecule has 0 aromatic heterocycles. The SMILES string of the molecule is Cl.O=C(NCCCC(=O)N1CCc2ccccc21)C1CCCNC1. The van der Waals surface area contributed by atoms with Crippen molar-refractivity contribution in [2.24, 2.45) is 5.92 Å². The number of nitrogens with one attached hydrogen (secondary N) is 2. The minimum atomic E-state index is 0. The molecule has 1 fully saturated rings. The van der Waals surface area contributed by atoms with Gasteiger partial charge < -0.3 is 15.5 Å². The number of fused-ring (bicyclic) bond motifs is 1. The molecule has 0 radical (unpaired) electrons. The van der Waals surface area contributed by atoms with E-state index in [4.69, 9.17) is 0 Å². The van der Waals surface area contributed by atoms with Crippen LogP contribution in [0.3, 0.4) is 0 Å². The van der Waals surface area contributed by atoms with Gasteiger partial charge in [0, 0.05) is 31.7 Å². The molecule has 1 atom stereocenters. The monoisotopic (exact) mass is 351 g/mol. The number of amides is 2. The molecule has 6 heteroatoms. The van der Waals surface area contributed by atoms with Gasteiger partial charge in [0.05, 0.1) is 5.92 Å². The molecule has 0 saturated carbocycles. The number of carbonyl (C=O) groups is 2. The van der Waals surface area contributed by atoms with Crippen molar-refractivity contribution in [1.29, 1.82) is 0 Å². The normalized spacial score (nSPS) is 19.3. The van der Waals surface area contributed by atoms with E-state index in [1.807, 2.05) is 23.1 Å². The lowest BCUT2D eigenvalue weighted by Gasteiger charge is -2.22. The van der Waals surface area contributed by atoms with Gasteiger partial charge in [-0.25, -0.2) is 0 Å². The van der Waals surface area contributed by atoms with Crippen LogP contribution in [0, 0.1) is 5.92 Å². The van der Waals surface area contributed by atoms with Crippen LogP contribution in [-0.2, 0) is 16.0 Å². The van der Waals surface area contributed by atoms with Crippen LogP contribution >= 0.6 is 12.4 Å². The number of carbonyl (C=O) groups excluding carboxylic acids is 2. The fraction of sp³-hybridized carbons (Fsp3) is 0.556. The first-order valence-corrected chi connectivity index (χ1v) is 8.62. The van der Waals surface area contributed by atoms with Gasteiger partial charge in [-0.1, -0.05) is 18.2 Å². The van der Waals surface area contributed by atoms with Gasteiger partial charge in [-0.3, -0.25) is 9.59 Å². The van der Waals surface area contributed by atoms with Gasteiger partial charge in [0.1, 0.15) is 0 Å². The summed E-state index contributed by atoms with van der Waals surface area (Å²) in [6.07, 6.45) is 4.14. The second-order valence-corrected chi connectivity index (χ2v) is 6.36. The molecule has 1 aromatic carbocycles. The van der Waals surface area contributed by atoms with Crippen molar-refractivity contribution in [1.82, 2.24) is 10.6 Å². The number of rotatable bonds is 5. The van der Waals surface area contributed by atoms with E-state index >= 15 is 0 Å². The number of hydrogen-bond donors (Lipinski definition) is 2. The van der Waals surface area contributed by atoms with Gasteiger partial charge in [0.2, 0.25) is 11.8 Å². The maximum atomic E-state index is 12.4. The molecular weight excluding hydrogens is 326 g/mol. The average molecular weight is 352 g/mol. The lowest BCUT2D eigenvalue weighted by molar-refractivity contribution is -0.125. The minimum Gasteiger partial charge on any atom is -0.356 e. The highest BCUT2D eigenvalue weighted by molar-refractivity contribution is 5.95. The van der Waals surface area contributed by atoms with Crippen molar-refractivity contribution in [3.8, 4) is 0 Å². The highest BCUT2D eigenvalue weighted by Gasteiger charge is 2.24. The Morgan fingerprint density at radius 1 is 1.29 bits per heavy atom. The van der Waals surface area contributed by atoms with Gasteiger partial charge in [-0.15, -0.1) is 12.4 Å². The van der Waals surface area contributed by atoms with Gasteiger partial charge in [-0.05, 0) is 43.9 Å². The quantitative estimate of drug-likeness (QED) is 0.796. The second-order valence-electron chi connectivity index (χ2n) is 6.36. The third-order valence-electron chi connectivity index (χ3n) is 4.72. The first-order chi connectivity index (χ1) is 11.3. The zero-order chi connectivity index (χ0) is 16.1. The van der Waals surface area contributed by atoms with E-state index in [2.05, 4.69) is 16.7 Å². The molecule has 1 saturated heterocycles. The number of halogens is 1. The largest absolute Gasteiger partial charge is 0.356 e. The third-order valence-corrected chi connectivity index (χ3v) is 4.72. The van der Waals surface area contributed by atoms with Gasteiger partial charge in [0.15, 0.2) is 0 Å². The van der Waals surface area contributed by atoms with Crippen LogP contribution in [0.5, 0.6) is 0 Å². The van der Waals surface area contributed by atoms with Crippen LogP contribution in [-0.4, -0.2) is 38.0 Å². The fourth-order valence-electron chi connectivity index (χ4n) is 3.40. The van der Waals surface area contributed by atoms with E-state index in [0.29, 0.717) is 19.4 Å². The molecule has 24 heavy (non-hydrogen) atoms. The van der Waals surface area contributed by atoms with Crippen LogP contribution in [0.1, 0.15) is 31.2 Å². The first kappa shape index (κ1) is 18.7. The predicted molar refractivity (Wildman–Crippen MR) is 97.6 cm³/mol. The molecule has 5 nitrogen and oxygen atoms in total. The van der Waals surface area contributed by atoms with Crippen LogP contribution in [0.25, 0.3) is 0 Å². The Morgan fingerprint density at radius 2 is 2.12 bits per heavy atom. The number of benzene rings is 1. The van der Waals surface area contributed by atoms with Crippen molar-refractivity contribution in [2.75, 3.05) is 31.1 Å². The molecule has 2 heterocycles. The summed E-state index contributed by atoms with van der Waals surface area (Å²) >= 11 is 0. The lowest BCUT2D eigenvalue weighted by atomic mass is 9.99. The Labute approximate surface area is 149 Å². The van der Waals surface area contributed by atoms with Crippen molar-refractivity contribution in [3.63, 3.8) is 0 Å². The van der Waals surface area contributed by atoms with Crippen molar-refractivity contribution < 1.29 is 9.59 Å². The average Bonchev–Trinajstić information content (AvgIpc) is 3.03. The first-order valence-electron chi connectivity index (χ1n) is 8.62. The van der Waals surface area contributed by atoms with Gasteiger partial charge in [-0.2, -0.15) is 0 Å². The molecule has 2 amide bonds. The minimum absolute atomic E-state index is 0. The Kier molecular flexibility index (Phi) is 7.06. The third kappa shape index (κ3) is 4.48. The summed E-state index contributed by atoms with van der Waals surface area (Å²) in [5.41, 5.74) is 2.30. The Morgan fingerprint density at radius 3 is 2.92 bits per heavy atom. The Hall–Kier alpha value is -1.59. The molecule has 2 aliphatic heterocycles. The number of hydrogen-bond acceptors (Lipinski definition) is 3. The van der Waals surface area contributed by atoms with E-state index in [-0.39, 0.29) is 30.1 Å². The lowest BCUT2D eigenvalue weighted by Crippen LogP contribution is -2.41. The maximum Gasteiger partial charge on any atom is 0.227 e. The van der Waals surface area contributed by atoms with Gasteiger partial charge >= 0.3 is 0 Å². The molecule has 2 aliphatic rings. The van der Waals surface area contributed by atoms with Crippen LogP contribution in [0.2, 0.25) is 0 Å². The van der Waals surface area contributed by atoms with Crippen LogP contribution in [0.4, 0.5) is 5.69 Å². The number of para-hydroxylation sites is 1. The smallest absolute Gasteiger partial charge is 0.227 e. The zero-order valence-electron chi connectivity index (χ0n) is 13.9. The Bertz CT molecular complexity index is 573. The number of piperidine rings is 1. The highest BCUT2D eigenvalue weighted by Crippen LogP contribution is 2.27. The summed E-state index contributed by atoms with van der Waals surface area (Å²) < 4.78 is 0. The molecule has 132 valence electrons. The van der Waals surface area contributed by atoms with E-state index in [1.165, 1.54) is 5.56 Å². The summed E-state index contributed by atoms with van der Waals surface area (Å²) in [7, 11) is 0. The fourth-order valence-corrected chi connectivity index (χ4v) is 3.40. The van der Waals surface area contributed by atoms with E-state index in [1.54, 1.807) is 0 Å². The van der Waals surface area contributed by atoms with Gasteiger partial charge in [0.25, 0.3) is 0 Å². The van der Waals surface area contributed by atoms with Crippen molar-refractivity contribution in [2.45, 2.75) is 32.1 Å². The van der Waals surface area contributed by atoms with Crippen molar-refractivity contribution >= 4 is 29.9 Å². The summed E-state index contributed by atoms with van der Waals surface area (Å²) in [6.45, 7) is 3.14. The molecule has 1 unspecified atom stereocenters. The molecule has 1 aromatic rings. The molecule has 0 spiro atoms. The summed E-state index contributed by atoms with van der Waals surface area (Å²) in [5, 5.41) is 6.22. The topological polar surface area (TPSA) is 61.4 Å². The predicted octanol–water partition coefficient (Wildman–Crippen LogP) is 1.89. The maximum absolute atomic E-state index is 12.4. The zero-order valence-corrected chi connectivity index (χ0v) is 14.7. The van der Waals surface area contributed by atoms with E-state index in [0.717, 1.165) is 44.6 Å². The highest BCUT2D eigenvalue weighted by atomic mass is 35.5. The van der Waals surface area contributed by atoms with E-state index < -0.39 is 0 Å². The molecular formula is C18H26ClN3O2. The van der Waals surface area contributed by atoms with Crippen molar-refractivity contribution in [3.05, 3.63) is 29.8 Å². The Balaban J connectivity index is 0.00000208. The van der Waals surface area contributed by atoms with E-state index in [9.17, 15) is 9.59 Å². The second kappa shape index (κ2) is 9.04.